The molecule has 1 unspecified atom stereocenters. The molecule has 0 aliphatic heterocycles. The average Bonchev–Trinajstić information content (AvgIpc) is 2.61. The minimum absolute atomic E-state index is 0.291. The molecule has 0 saturated carbocycles. The average molecular weight is 244 g/mol. The lowest BCUT2D eigenvalue weighted by molar-refractivity contribution is 0.515. The Balaban J connectivity index is 2.46. The normalized spacial score (nSPS) is 14.2. The predicted molar refractivity (Wildman–Crippen MR) is 70.9 cm³/mol. The lowest BCUT2D eigenvalue weighted by atomic mass is 10.2. The van der Waals surface area contributed by atoms with Crippen LogP contribution in [0.1, 0.15) is 37.5 Å². The molecular formula is C11H20N2S2. The van der Waals surface area contributed by atoms with Gasteiger partial charge in [0.15, 0.2) is 0 Å². The van der Waals surface area contributed by atoms with Crippen LogP contribution in [0.2, 0.25) is 0 Å². The number of rotatable bonds is 5. The van der Waals surface area contributed by atoms with Crippen LogP contribution in [-0.4, -0.2) is 22.5 Å². The first-order valence-electron chi connectivity index (χ1n) is 5.15. The summed E-state index contributed by atoms with van der Waals surface area (Å²) in [5.41, 5.74) is 1.16. The first kappa shape index (κ1) is 13.0. The Bertz CT molecular complexity index is 307. The van der Waals surface area contributed by atoms with E-state index in [0.29, 0.717) is 10.8 Å². The third-order valence-electron chi connectivity index (χ3n) is 2.47. The predicted octanol–water partition coefficient (Wildman–Crippen LogP) is 3.24. The summed E-state index contributed by atoms with van der Waals surface area (Å²) in [7, 11) is 0. The lowest BCUT2D eigenvalue weighted by Gasteiger charge is -2.24. The standard InChI is InChI=1S/C11H20N2S2/c1-8(10-6-15-9(2)13-10)12-7-11(3,4)14-5/h6,8,12H,7H2,1-5H3. The molecule has 0 amide bonds. The second kappa shape index (κ2) is 5.32. The summed E-state index contributed by atoms with van der Waals surface area (Å²) >= 11 is 3.60. The van der Waals surface area contributed by atoms with E-state index in [9.17, 15) is 0 Å². The molecule has 0 saturated heterocycles. The number of aromatic nitrogens is 1. The van der Waals surface area contributed by atoms with Crippen LogP contribution in [0.15, 0.2) is 5.38 Å². The molecule has 2 nitrogen and oxygen atoms in total. The smallest absolute Gasteiger partial charge is 0.0898 e. The fourth-order valence-corrected chi connectivity index (χ4v) is 2.09. The number of hydrogen-bond donors (Lipinski definition) is 1. The third-order valence-corrected chi connectivity index (χ3v) is 4.51. The number of hydrogen-bond acceptors (Lipinski definition) is 4. The minimum Gasteiger partial charge on any atom is -0.307 e. The Kier molecular flexibility index (Phi) is 4.62. The Labute approximate surface area is 101 Å². The summed E-state index contributed by atoms with van der Waals surface area (Å²) in [6, 6.07) is 0.348. The van der Waals surface area contributed by atoms with Crippen LogP contribution >= 0.6 is 23.1 Å². The van der Waals surface area contributed by atoms with Crippen LogP contribution in [0.3, 0.4) is 0 Å². The minimum atomic E-state index is 0.291. The Morgan fingerprint density at radius 1 is 1.60 bits per heavy atom. The molecule has 4 heteroatoms. The van der Waals surface area contributed by atoms with Crippen LogP contribution in [-0.2, 0) is 0 Å². The molecule has 0 aliphatic rings. The Hall–Kier alpha value is -0.0600. The van der Waals surface area contributed by atoms with E-state index in [1.807, 2.05) is 18.7 Å². The fourth-order valence-electron chi connectivity index (χ4n) is 1.15. The molecule has 0 bridgehead atoms. The van der Waals surface area contributed by atoms with Crippen molar-refractivity contribution in [1.82, 2.24) is 10.3 Å². The van der Waals surface area contributed by atoms with Crippen LogP contribution in [0.5, 0.6) is 0 Å². The van der Waals surface area contributed by atoms with Gasteiger partial charge in [-0.05, 0) is 34.0 Å². The molecule has 0 spiro atoms. The highest BCUT2D eigenvalue weighted by Crippen LogP contribution is 2.22. The van der Waals surface area contributed by atoms with Crippen molar-refractivity contribution >= 4 is 23.1 Å². The number of nitrogens with zero attached hydrogens (tertiary/aromatic N) is 1. The van der Waals surface area contributed by atoms with Gasteiger partial charge in [-0.1, -0.05) is 0 Å². The molecule has 0 aromatic carbocycles. The number of nitrogens with one attached hydrogen (secondary N) is 1. The van der Waals surface area contributed by atoms with Crippen molar-refractivity contribution in [2.75, 3.05) is 12.8 Å². The summed E-state index contributed by atoms with van der Waals surface area (Å²) < 4.78 is 0.291. The van der Waals surface area contributed by atoms with Gasteiger partial charge in [0.25, 0.3) is 0 Å². The quantitative estimate of drug-likeness (QED) is 0.860. The highest BCUT2D eigenvalue weighted by Gasteiger charge is 2.17. The van der Waals surface area contributed by atoms with Crippen molar-refractivity contribution in [3.05, 3.63) is 16.1 Å². The summed E-state index contributed by atoms with van der Waals surface area (Å²) in [6.07, 6.45) is 2.15. The van der Waals surface area contributed by atoms with E-state index in [1.54, 1.807) is 11.3 Å². The van der Waals surface area contributed by atoms with Gasteiger partial charge in [-0.25, -0.2) is 4.98 Å². The van der Waals surface area contributed by atoms with E-state index in [-0.39, 0.29) is 0 Å². The SMILES string of the molecule is CSC(C)(C)CNC(C)c1csc(C)n1. The van der Waals surface area contributed by atoms with Gasteiger partial charge in [0.05, 0.1) is 10.7 Å². The van der Waals surface area contributed by atoms with Gasteiger partial charge >= 0.3 is 0 Å². The highest BCUT2D eigenvalue weighted by molar-refractivity contribution is 7.99. The number of aryl methyl sites for hydroxylation is 1. The second-order valence-electron chi connectivity index (χ2n) is 4.36. The Morgan fingerprint density at radius 3 is 2.73 bits per heavy atom. The van der Waals surface area contributed by atoms with Crippen LogP contribution in [0.4, 0.5) is 0 Å². The molecule has 0 aliphatic carbocycles. The van der Waals surface area contributed by atoms with Crippen LogP contribution in [0, 0.1) is 6.92 Å². The van der Waals surface area contributed by atoms with Crippen LogP contribution < -0.4 is 5.32 Å². The molecule has 0 fully saturated rings. The summed E-state index contributed by atoms with van der Waals surface area (Å²) in [6.45, 7) is 9.73. The molecule has 86 valence electrons. The van der Waals surface area contributed by atoms with Gasteiger partial charge in [-0.15, -0.1) is 11.3 Å². The monoisotopic (exact) mass is 244 g/mol. The highest BCUT2D eigenvalue weighted by atomic mass is 32.2. The van der Waals surface area contributed by atoms with E-state index < -0.39 is 0 Å². The molecule has 1 rings (SSSR count). The zero-order chi connectivity index (χ0) is 11.5. The molecule has 1 heterocycles. The molecule has 1 atom stereocenters. The summed E-state index contributed by atoms with van der Waals surface area (Å²) in [5.74, 6) is 0. The van der Waals surface area contributed by atoms with Crippen LogP contribution in [0.25, 0.3) is 0 Å². The molecule has 15 heavy (non-hydrogen) atoms. The molecule has 1 N–H and O–H groups in total. The topological polar surface area (TPSA) is 24.9 Å². The maximum Gasteiger partial charge on any atom is 0.0898 e. The van der Waals surface area contributed by atoms with Gasteiger partial charge in [-0.2, -0.15) is 11.8 Å². The molecule has 0 radical (unpaired) electrons. The molecule has 1 aromatic rings. The van der Waals surface area contributed by atoms with E-state index in [2.05, 4.69) is 42.7 Å². The first-order chi connectivity index (χ1) is 6.94. The first-order valence-corrected chi connectivity index (χ1v) is 7.25. The third kappa shape index (κ3) is 4.13. The van der Waals surface area contributed by atoms with E-state index in [1.165, 1.54) is 0 Å². The maximum absolute atomic E-state index is 4.49. The van der Waals surface area contributed by atoms with Crippen molar-refractivity contribution in [2.45, 2.75) is 38.5 Å². The van der Waals surface area contributed by atoms with E-state index in [4.69, 9.17) is 0 Å². The molecular weight excluding hydrogens is 224 g/mol. The number of thiazole rings is 1. The second-order valence-corrected chi connectivity index (χ2v) is 6.93. The maximum atomic E-state index is 4.49. The fraction of sp³-hybridized carbons (Fsp3) is 0.727. The van der Waals surface area contributed by atoms with Crippen molar-refractivity contribution in [3.8, 4) is 0 Å². The van der Waals surface area contributed by atoms with Crippen molar-refractivity contribution in [1.29, 1.82) is 0 Å². The van der Waals surface area contributed by atoms with Crippen molar-refractivity contribution in [3.63, 3.8) is 0 Å². The molecule has 1 aromatic heterocycles. The van der Waals surface area contributed by atoms with Crippen molar-refractivity contribution < 1.29 is 0 Å². The Morgan fingerprint density at radius 2 is 2.27 bits per heavy atom. The lowest BCUT2D eigenvalue weighted by Crippen LogP contribution is -2.33. The zero-order valence-corrected chi connectivity index (χ0v) is 11.8. The number of thioether (sulfide) groups is 1. The zero-order valence-electron chi connectivity index (χ0n) is 10.1. The van der Waals surface area contributed by atoms with E-state index >= 15 is 0 Å². The largest absolute Gasteiger partial charge is 0.307 e. The summed E-state index contributed by atoms with van der Waals surface area (Å²) in [4.78, 5) is 4.49. The van der Waals surface area contributed by atoms with Gasteiger partial charge in [-0.3, -0.25) is 0 Å². The van der Waals surface area contributed by atoms with Gasteiger partial charge < -0.3 is 5.32 Å². The van der Waals surface area contributed by atoms with E-state index in [0.717, 1.165) is 17.2 Å². The van der Waals surface area contributed by atoms with Gasteiger partial charge in [0.1, 0.15) is 0 Å². The van der Waals surface area contributed by atoms with Gasteiger partial charge in [0.2, 0.25) is 0 Å². The summed E-state index contributed by atoms with van der Waals surface area (Å²) in [5, 5.41) is 6.81. The van der Waals surface area contributed by atoms with Crippen molar-refractivity contribution in [2.24, 2.45) is 0 Å². The van der Waals surface area contributed by atoms with Gasteiger partial charge in [0, 0.05) is 22.7 Å².